The minimum absolute atomic E-state index is 0.0240. The first-order chi connectivity index (χ1) is 13.5. The van der Waals surface area contributed by atoms with Crippen LogP contribution in [-0.2, 0) is 4.79 Å². The van der Waals surface area contributed by atoms with Gasteiger partial charge in [0.25, 0.3) is 0 Å². The summed E-state index contributed by atoms with van der Waals surface area (Å²) in [7, 11) is 3.96. The molecular weight excluding hydrogens is 352 g/mol. The van der Waals surface area contributed by atoms with Crippen LogP contribution in [0.1, 0.15) is 36.8 Å². The number of carbonyl (C=O) groups is 1. The van der Waals surface area contributed by atoms with Gasteiger partial charge in [-0.1, -0.05) is 12.1 Å². The van der Waals surface area contributed by atoms with E-state index in [9.17, 15) is 4.79 Å². The highest BCUT2D eigenvalue weighted by molar-refractivity contribution is 5.88. The van der Waals surface area contributed by atoms with Gasteiger partial charge < -0.3 is 15.1 Å². The summed E-state index contributed by atoms with van der Waals surface area (Å²) in [6.45, 7) is 3.42. The molecule has 0 saturated carbocycles. The van der Waals surface area contributed by atoms with Crippen molar-refractivity contribution >= 4 is 17.5 Å². The Bertz CT molecular complexity index is 821. The van der Waals surface area contributed by atoms with Gasteiger partial charge in [-0.2, -0.15) is 0 Å². The molecular formula is C21H28N6O. The number of likely N-dealkylation sites (N-methyl/N-ethyl adjacent to an activating group) is 1. The molecule has 0 bridgehead atoms. The molecule has 1 N–H and O–H groups in total. The number of aryl methyl sites for hydroxylation is 1. The van der Waals surface area contributed by atoms with Gasteiger partial charge in [0.05, 0.1) is 6.04 Å². The number of amides is 1. The maximum atomic E-state index is 12.8. The number of piperidine rings is 1. The Balaban J connectivity index is 1.81. The number of carbonyl (C=O) groups excluding carboxylic acids is 1. The quantitative estimate of drug-likeness (QED) is 0.776. The molecule has 1 aliphatic rings. The van der Waals surface area contributed by atoms with Crippen LogP contribution in [-0.4, -0.2) is 57.8 Å². The van der Waals surface area contributed by atoms with Gasteiger partial charge in [-0.25, -0.2) is 15.0 Å². The van der Waals surface area contributed by atoms with Crippen molar-refractivity contribution in [2.24, 2.45) is 0 Å². The number of rotatable bonds is 6. The molecule has 28 heavy (non-hydrogen) atoms. The number of likely N-dealkylation sites (tertiary alicyclic amines) is 1. The lowest BCUT2D eigenvalue weighted by molar-refractivity contribution is -0.129. The summed E-state index contributed by atoms with van der Waals surface area (Å²) < 4.78 is 0. The molecule has 3 rings (SSSR count). The highest BCUT2D eigenvalue weighted by Crippen LogP contribution is 2.30. The Hall–Kier alpha value is -2.80. The lowest BCUT2D eigenvalue weighted by atomic mass is 10.0. The zero-order valence-electron chi connectivity index (χ0n) is 16.8. The van der Waals surface area contributed by atoms with E-state index in [0.29, 0.717) is 11.6 Å². The molecule has 7 nitrogen and oxygen atoms in total. The summed E-state index contributed by atoms with van der Waals surface area (Å²) in [6, 6.07) is 7.48. The number of nitrogens with zero attached hydrogens (tertiary/aromatic N) is 5. The number of anilines is 2. The van der Waals surface area contributed by atoms with Crippen LogP contribution in [0.5, 0.6) is 0 Å². The van der Waals surface area contributed by atoms with Crippen molar-refractivity contribution in [3.05, 3.63) is 54.1 Å². The molecule has 0 spiro atoms. The summed E-state index contributed by atoms with van der Waals surface area (Å²) in [5.41, 5.74) is 0.865. The Morgan fingerprint density at radius 1 is 1.29 bits per heavy atom. The van der Waals surface area contributed by atoms with Crippen molar-refractivity contribution in [2.45, 2.75) is 32.2 Å². The topological polar surface area (TPSA) is 74.2 Å². The minimum atomic E-state index is -0.102. The van der Waals surface area contributed by atoms with Crippen LogP contribution in [0.4, 0.5) is 11.6 Å². The smallest absolute Gasteiger partial charge is 0.246 e. The van der Waals surface area contributed by atoms with Crippen LogP contribution in [0.25, 0.3) is 0 Å². The Labute approximate surface area is 166 Å². The molecule has 0 aromatic carbocycles. The highest BCUT2D eigenvalue weighted by Gasteiger charge is 2.29. The zero-order valence-corrected chi connectivity index (χ0v) is 16.8. The van der Waals surface area contributed by atoms with Crippen molar-refractivity contribution in [2.75, 3.05) is 32.5 Å². The Kier molecular flexibility index (Phi) is 6.71. The van der Waals surface area contributed by atoms with Crippen molar-refractivity contribution < 1.29 is 4.79 Å². The highest BCUT2D eigenvalue weighted by atomic mass is 16.2. The number of hydrogen-bond acceptors (Lipinski definition) is 6. The van der Waals surface area contributed by atoms with E-state index in [-0.39, 0.29) is 11.9 Å². The average Bonchev–Trinajstić information content (AvgIpc) is 2.68. The molecule has 3 heterocycles. The largest absolute Gasteiger partial charge is 0.329 e. The molecule has 7 heteroatoms. The summed E-state index contributed by atoms with van der Waals surface area (Å²) in [4.78, 5) is 30.3. The van der Waals surface area contributed by atoms with Crippen LogP contribution in [0.3, 0.4) is 0 Å². The molecule has 1 unspecified atom stereocenters. The predicted molar refractivity (Wildman–Crippen MR) is 110 cm³/mol. The maximum Gasteiger partial charge on any atom is 0.246 e. The minimum Gasteiger partial charge on any atom is -0.329 e. The molecule has 1 aliphatic heterocycles. The van der Waals surface area contributed by atoms with E-state index < -0.39 is 0 Å². The van der Waals surface area contributed by atoms with Crippen LogP contribution < -0.4 is 5.32 Å². The van der Waals surface area contributed by atoms with E-state index >= 15 is 0 Å². The van der Waals surface area contributed by atoms with Gasteiger partial charge >= 0.3 is 0 Å². The van der Waals surface area contributed by atoms with Gasteiger partial charge in [-0.3, -0.25) is 4.79 Å². The lowest BCUT2D eigenvalue weighted by Gasteiger charge is -2.34. The monoisotopic (exact) mass is 380 g/mol. The summed E-state index contributed by atoms with van der Waals surface area (Å²) in [6.07, 6.45) is 8.25. The first-order valence-electron chi connectivity index (χ1n) is 9.68. The first-order valence-corrected chi connectivity index (χ1v) is 9.68. The van der Waals surface area contributed by atoms with Crippen molar-refractivity contribution in [1.82, 2.24) is 24.8 Å². The van der Waals surface area contributed by atoms with Crippen molar-refractivity contribution in [3.8, 4) is 0 Å². The Morgan fingerprint density at radius 2 is 2.14 bits per heavy atom. The molecule has 2 aromatic heterocycles. The summed E-state index contributed by atoms with van der Waals surface area (Å²) in [5, 5.41) is 3.23. The van der Waals surface area contributed by atoms with Gasteiger partial charge in [-0.15, -0.1) is 0 Å². The van der Waals surface area contributed by atoms with E-state index in [2.05, 4.69) is 15.3 Å². The average molecular weight is 380 g/mol. The third-order valence-corrected chi connectivity index (χ3v) is 4.61. The summed E-state index contributed by atoms with van der Waals surface area (Å²) >= 11 is 0. The van der Waals surface area contributed by atoms with E-state index in [1.165, 1.54) is 0 Å². The molecule has 2 aromatic rings. The van der Waals surface area contributed by atoms with Gasteiger partial charge in [0, 0.05) is 37.1 Å². The number of hydrogen-bond donors (Lipinski definition) is 1. The van der Waals surface area contributed by atoms with E-state index in [1.54, 1.807) is 12.3 Å². The fourth-order valence-corrected chi connectivity index (χ4v) is 3.30. The van der Waals surface area contributed by atoms with E-state index in [4.69, 9.17) is 4.98 Å². The molecule has 148 valence electrons. The first kappa shape index (κ1) is 19.9. The second kappa shape index (κ2) is 9.41. The van der Waals surface area contributed by atoms with Crippen LogP contribution in [0.2, 0.25) is 0 Å². The van der Waals surface area contributed by atoms with Crippen LogP contribution >= 0.6 is 0 Å². The predicted octanol–water partition coefficient (Wildman–Crippen LogP) is 3.10. The molecule has 0 aliphatic carbocycles. The third-order valence-electron chi connectivity index (χ3n) is 4.61. The van der Waals surface area contributed by atoms with E-state index in [0.717, 1.165) is 43.9 Å². The van der Waals surface area contributed by atoms with Crippen LogP contribution in [0.15, 0.2) is 42.6 Å². The Morgan fingerprint density at radius 3 is 2.89 bits per heavy atom. The van der Waals surface area contributed by atoms with Crippen molar-refractivity contribution in [1.29, 1.82) is 0 Å². The number of nitrogens with one attached hydrogen (secondary N) is 1. The van der Waals surface area contributed by atoms with Crippen molar-refractivity contribution in [3.63, 3.8) is 0 Å². The second-order valence-electron chi connectivity index (χ2n) is 7.30. The lowest BCUT2D eigenvalue weighted by Crippen LogP contribution is -2.38. The fourth-order valence-electron chi connectivity index (χ4n) is 3.30. The van der Waals surface area contributed by atoms with Crippen LogP contribution in [0, 0.1) is 6.92 Å². The van der Waals surface area contributed by atoms with Gasteiger partial charge in [-0.05, 0) is 52.4 Å². The molecule has 1 amide bonds. The molecule has 1 saturated heterocycles. The third kappa shape index (κ3) is 5.36. The second-order valence-corrected chi connectivity index (χ2v) is 7.30. The molecule has 0 radical (unpaired) electrons. The van der Waals surface area contributed by atoms with Gasteiger partial charge in [0.1, 0.15) is 11.6 Å². The standard InChI is InChI=1S/C21H28N6O/c1-16-15-19(24-18-10-4-6-12-22-18)25-21(23-16)17-9-5-7-14-27(17)20(28)11-8-13-26(2)3/h4,6,8,10-12,15,17H,5,7,9,13-14H2,1-3H3,(H,22,23,24,25)/b11-8+. The molecule has 1 atom stereocenters. The van der Waals surface area contributed by atoms with Gasteiger partial charge in [0.15, 0.2) is 5.82 Å². The molecule has 1 fully saturated rings. The van der Waals surface area contributed by atoms with E-state index in [1.807, 2.05) is 61.2 Å². The maximum absolute atomic E-state index is 12.8. The zero-order chi connectivity index (χ0) is 19.9. The SMILES string of the molecule is Cc1cc(Nc2ccccn2)nc(C2CCCCN2C(=O)/C=C/CN(C)C)n1. The fraction of sp³-hybridized carbons (Fsp3) is 0.429. The normalized spacial score (nSPS) is 17.3. The summed E-state index contributed by atoms with van der Waals surface area (Å²) in [5.74, 6) is 2.14. The number of pyridine rings is 1. The number of aromatic nitrogens is 3. The van der Waals surface area contributed by atoms with Gasteiger partial charge in [0.2, 0.25) is 5.91 Å².